The number of hydrogen-bond acceptors (Lipinski definition) is 5. The van der Waals surface area contributed by atoms with Crippen molar-refractivity contribution in [1.82, 2.24) is 5.32 Å². The maximum atomic E-state index is 12.1. The Morgan fingerprint density at radius 1 is 1.15 bits per heavy atom. The number of nitrogens with one attached hydrogen (secondary N) is 1. The molecule has 0 saturated carbocycles. The predicted molar refractivity (Wildman–Crippen MR) is 102 cm³/mol. The van der Waals surface area contributed by atoms with Crippen LogP contribution in [0.4, 0.5) is 0 Å². The number of rotatable bonds is 9. The Bertz CT molecular complexity index is 795. The van der Waals surface area contributed by atoms with E-state index in [4.69, 9.17) is 20.6 Å². The van der Waals surface area contributed by atoms with Crippen LogP contribution >= 0.6 is 0 Å². The molecule has 0 heterocycles. The zero-order valence-corrected chi connectivity index (χ0v) is 15.4. The van der Waals surface area contributed by atoms with Crippen molar-refractivity contribution in [2.75, 3.05) is 27.4 Å². The number of aliphatic hydroxyl groups is 1. The lowest BCUT2D eigenvalue weighted by Gasteiger charge is -2.13. The summed E-state index contributed by atoms with van der Waals surface area (Å²) < 4.78 is 15.8. The second kappa shape index (κ2) is 10.1. The number of carbonyl (C=O) groups is 1. The van der Waals surface area contributed by atoms with Crippen molar-refractivity contribution in [2.45, 2.75) is 12.5 Å². The molecule has 2 rings (SSSR count). The third-order valence-corrected chi connectivity index (χ3v) is 3.93. The number of carbonyl (C=O) groups excluding carboxylic acids is 1. The standard InChI is InChI=1S/C21H23NO5/c1-4-13-27-18-10-5-15(14-19(18)26-3)11-12-22-21(24)20(23)16-6-8-17(25-2)9-7-16/h1,5-10,14,20,23H,11-13H2,2-3H3,(H,22,24). The Morgan fingerprint density at radius 2 is 1.89 bits per heavy atom. The van der Waals surface area contributed by atoms with Gasteiger partial charge in [0.2, 0.25) is 0 Å². The van der Waals surface area contributed by atoms with Crippen molar-refractivity contribution >= 4 is 5.91 Å². The van der Waals surface area contributed by atoms with Gasteiger partial charge in [0.25, 0.3) is 5.91 Å². The molecule has 1 unspecified atom stereocenters. The first-order chi connectivity index (χ1) is 13.1. The van der Waals surface area contributed by atoms with E-state index in [1.54, 1.807) is 44.6 Å². The summed E-state index contributed by atoms with van der Waals surface area (Å²) >= 11 is 0. The topological polar surface area (TPSA) is 77.0 Å². The van der Waals surface area contributed by atoms with Crippen LogP contribution in [0, 0.1) is 12.3 Å². The van der Waals surface area contributed by atoms with Crippen LogP contribution in [0.5, 0.6) is 17.2 Å². The summed E-state index contributed by atoms with van der Waals surface area (Å²) in [6.07, 6.45) is 4.53. The molecule has 0 spiro atoms. The number of aliphatic hydroxyl groups excluding tert-OH is 1. The van der Waals surface area contributed by atoms with E-state index in [2.05, 4.69) is 11.2 Å². The molecule has 6 nitrogen and oxygen atoms in total. The number of amides is 1. The highest BCUT2D eigenvalue weighted by Crippen LogP contribution is 2.28. The van der Waals surface area contributed by atoms with E-state index in [1.165, 1.54) is 0 Å². The summed E-state index contributed by atoms with van der Waals surface area (Å²) in [6.45, 7) is 0.536. The van der Waals surface area contributed by atoms with Crippen LogP contribution in [0.2, 0.25) is 0 Å². The summed E-state index contributed by atoms with van der Waals surface area (Å²) in [6, 6.07) is 12.2. The van der Waals surface area contributed by atoms with Crippen LogP contribution in [0.25, 0.3) is 0 Å². The fraction of sp³-hybridized carbons (Fsp3) is 0.286. The van der Waals surface area contributed by atoms with E-state index < -0.39 is 12.0 Å². The summed E-state index contributed by atoms with van der Waals surface area (Å²) in [4.78, 5) is 12.1. The molecule has 27 heavy (non-hydrogen) atoms. The average molecular weight is 369 g/mol. The van der Waals surface area contributed by atoms with Crippen LogP contribution < -0.4 is 19.5 Å². The van der Waals surface area contributed by atoms with Crippen molar-refractivity contribution in [1.29, 1.82) is 0 Å². The van der Waals surface area contributed by atoms with Gasteiger partial charge in [-0.2, -0.15) is 0 Å². The SMILES string of the molecule is C#CCOc1ccc(CCNC(=O)C(O)c2ccc(OC)cc2)cc1OC. The normalized spacial score (nSPS) is 11.2. The molecule has 0 aromatic heterocycles. The minimum Gasteiger partial charge on any atom is -0.497 e. The van der Waals surface area contributed by atoms with Gasteiger partial charge in [0.15, 0.2) is 17.6 Å². The number of ether oxygens (including phenoxy) is 3. The molecule has 1 atom stereocenters. The molecule has 2 aromatic carbocycles. The fourth-order valence-electron chi connectivity index (χ4n) is 2.47. The maximum absolute atomic E-state index is 12.1. The molecule has 0 aliphatic rings. The lowest BCUT2D eigenvalue weighted by atomic mass is 10.1. The van der Waals surface area contributed by atoms with Crippen molar-refractivity contribution in [3.05, 3.63) is 53.6 Å². The van der Waals surface area contributed by atoms with E-state index in [1.807, 2.05) is 12.1 Å². The van der Waals surface area contributed by atoms with Crippen molar-refractivity contribution in [3.8, 4) is 29.6 Å². The average Bonchev–Trinajstić information content (AvgIpc) is 2.72. The number of benzene rings is 2. The molecule has 0 bridgehead atoms. The Morgan fingerprint density at radius 3 is 2.52 bits per heavy atom. The molecule has 0 saturated heterocycles. The smallest absolute Gasteiger partial charge is 0.253 e. The third kappa shape index (κ3) is 5.66. The first-order valence-corrected chi connectivity index (χ1v) is 8.42. The van der Waals surface area contributed by atoms with Gasteiger partial charge in [0.05, 0.1) is 14.2 Å². The van der Waals surface area contributed by atoms with Gasteiger partial charge in [-0.15, -0.1) is 6.42 Å². The van der Waals surface area contributed by atoms with Crippen molar-refractivity contribution in [3.63, 3.8) is 0 Å². The molecule has 6 heteroatoms. The molecule has 0 radical (unpaired) electrons. The quantitative estimate of drug-likeness (QED) is 0.662. The summed E-state index contributed by atoms with van der Waals surface area (Å²) in [5, 5.41) is 12.9. The van der Waals surface area contributed by atoms with Crippen LogP contribution in [0.1, 0.15) is 17.2 Å². The van der Waals surface area contributed by atoms with Crippen LogP contribution in [0.3, 0.4) is 0 Å². The number of terminal acetylenes is 1. The molecule has 142 valence electrons. The highest BCUT2D eigenvalue weighted by molar-refractivity contribution is 5.81. The van der Waals surface area contributed by atoms with E-state index in [-0.39, 0.29) is 6.61 Å². The largest absolute Gasteiger partial charge is 0.497 e. The van der Waals surface area contributed by atoms with E-state index in [9.17, 15) is 9.90 Å². The number of methoxy groups -OCH3 is 2. The monoisotopic (exact) mass is 369 g/mol. The summed E-state index contributed by atoms with van der Waals surface area (Å²) in [7, 11) is 3.11. The Labute approximate surface area is 159 Å². The molecule has 2 aromatic rings. The lowest BCUT2D eigenvalue weighted by Crippen LogP contribution is -2.30. The Kier molecular flexibility index (Phi) is 7.53. The van der Waals surface area contributed by atoms with Crippen LogP contribution in [0.15, 0.2) is 42.5 Å². The first kappa shape index (κ1) is 20.1. The van der Waals surface area contributed by atoms with Gasteiger partial charge in [0.1, 0.15) is 12.4 Å². The predicted octanol–water partition coefficient (Wildman–Crippen LogP) is 2.11. The van der Waals surface area contributed by atoms with E-state index >= 15 is 0 Å². The van der Waals surface area contributed by atoms with Gasteiger partial charge < -0.3 is 24.6 Å². The second-order valence-corrected chi connectivity index (χ2v) is 5.69. The van der Waals surface area contributed by atoms with Gasteiger partial charge in [-0.1, -0.05) is 24.1 Å². The highest BCUT2D eigenvalue weighted by Gasteiger charge is 2.17. The van der Waals surface area contributed by atoms with Gasteiger partial charge >= 0.3 is 0 Å². The van der Waals surface area contributed by atoms with Gasteiger partial charge in [-0.25, -0.2) is 0 Å². The van der Waals surface area contributed by atoms with Crippen molar-refractivity contribution in [2.24, 2.45) is 0 Å². The van der Waals surface area contributed by atoms with E-state index in [0.717, 1.165) is 5.56 Å². The molecular weight excluding hydrogens is 346 g/mol. The Hall–Kier alpha value is -3.17. The molecule has 2 N–H and O–H groups in total. The summed E-state index contributed by atoms with van der Waals surface area (Å²) in [5.74, 6) is 3.75. The minimum atomic E-state index is -1.23. The zero-order chi connectivity index (χ0) is 19.6. The molecular formula is C21H23NO5. The second-order valence-electron chi connectivity index (χ2n) is 5.69. The third-order valence-electron chi connectivity index (χ3n) is 3.93. The maximum Gasteiger partial charge on any atom is 0.253 e. The number of hydrogen-bond donors (Lipinski definition) is 2. The van der Waals surface area contributed by atoms with Crippen LogP contribution in [-0.4, -0.2) is 38.4 Å². The lowest BCUT2D eigenvalue weighted by molar-refractivity contribution is -0.129. The van der Waals surface area contributed by atoms with Crippen LogP contribution in [-0.2, 0) is 11.2 Å². The Balaban J connectivity index is 1.89. The minimum absolute atomic E-state index is 0.162. The highest BCUT2D eigenvalue weighted by atomic mass is 16.5. The van der Waals surface area contributed by atoms with Gasteiger partial charge in [0, 0.05) is 6.54 Å². The fourth-order valence-corrected chi connectivity index (χ4v) is 2.47. The molecule has 0 aliphatic carbocycles. The summed E-state index contributed by atoms with van der Waals surface area (Å²) in [5.41, 5.74) is 1.46. The first-order valence-electron chi connectivity index (χ1n) is 8.42. The van der Waals surface area contributed by atoms with Crippen molar-refractivity contribution < 1.29 is 24.1 Å². The molecule has 0 fully saturated rings. The zero-order valence-electron chi connectivity index (χ0n) is 15.4. The van der Waals surface area contributed by atoms with Gasteiger partial charge in [-0.05, 0) is 41.8 Å². The molecule has 0 aliphatic heterocycles. The van der Waals surface area contributed by atoms with E-state index in [0.29, 0.717) is 35.8 Å². The molecule has 1 amide bonds. The van der Waals surface area contributed by atoms with Gasteiger partial charge in [-0.3, -0.25) is 4.79 Å².